The molecule has 1 aromatic carbocycles. The molecule has 1 N–H and O–H groups in total. The number of aromatic nitrogens is 3. The van der Waals surface area contributed by atoms with Crippen LogP contribution in [0.15, 0.2) is 40.3 Å². The van der Waals surface area contributed by atoms with Crippen LogP contribution in [-0.2, 0) is 0 Å². The molecule has 2 saturated heterocycles. The monoisotopic (exact) mass is 502 g/mol. The molecule has 0 aliphatic carbocycles. The van der Waals surface area contributed by atoms with Crippen molar-refractivity contribution in [1.82, 2.24) is 15.0 Å². The first-order valence-electron chi connectivity index (χ1n) is 12.8. The van der Waals surface area contributed by atoms with Gasteiger partial charge in [-0.25, -0.2) is 4.98 Å². The van der Waals surface area contributed by atoms with Crippen LogP contribution in [-0.4, -0.2) is 47.0 Å². The molecule has 0 atom stereocenters. The number of thiazole rings is 1. The molecule has 2 aliphatic rings. The van der Waals surface area contributed by atoms with Crippen LogP contribution in [0.3, 0.4) is 0 Å². The number of fused-ring (bicyclic) bond motifs is 1. The summed E-state index contributed by atoms with van der Waals surface area (Å²) >= 11 is 1.46. The van der Waals surface area contributed by atoms with Gasteiger partial charge in [0.2, 0.25) is 0 Å². The summed E-state index contributed by atoms with van der Waals surface area (Å²) in [5.41, 5.74) is 5.55. The van der Waals surface area contributed by atoms with Crippen molar-refractivity contribution in [3.05, 3.63) is 47.2 Å². The van der Waals surface area contributed by atoms with E-state index in [2.05, 4.69) is 31.2 Å². The van der Waals surface area contributed by atoms with Crippen molar-refractivity contribution in [2.24, 2.45) is 0 Å². The summed E-state index contributed by atoms with van der Waals surface area (Å²) in [7, 11) is 0. The average molecular weight is 503 g/mol. The van der Waals surface area contributed by atoms with Gasteiger partial charge in [0.1, 0.15) is 16.2 Å². The second-order valence-electron chi connectivity index (χ2n) is 9.61. The minimum atomic E-state index is -0.225. The lowest BCUT2D eigenvalue weighted by Crippen LogP contribution is -2.30. The minimum absolute atomic E-state index is 0.225. The highest BCUT2D eigenvalue weighted by molar-refractivity contribution is 7.13. The summed E-state index contributed by atoms with van der Waals surface area (Å²) < 4.78 is 6.18. The molecule has 36 heavy (non-hydrogen) atoms. The van der Waals surface area contributed by atoms with Crippen LogP contribution >= 0.6 is 11.3 Å². The number of carbonyl (C=O) groups is 1. The summed E-state index contributed by atoms with van der Waals surface area (Å²) in [6, 6.07) is 8.57. The Labute approximate surface area is 214 Å². The van der Waals surface area contributed by atoms with Crippen LogP contribution < -0.4 is 15.1 Å². The molecule has 8 nitrogen and oxygen atoms in total. The topological polar surface area (TPSA) is 87.4 Å². The molecule has 3 aromatic heterocycles. The van der Waals surface area contributed by atoms with E-state index in [1.807, 2.05) is 30.5 Å². The van der Waals surface area contributed by atoms with E-state index in [4.69, 9.17) is 9.40 Å². The first-order valence-corrected chi connectivity index (χ1v) is 13.7. The highest BCUT2D eigenvalue weighted by Crippen LogP contribution is 2.36. The van der Waals surface area contributed by atoms with Gasteiger partial charge in [-0.3, -0.25) is 9.78 Å². The number of rotatable bonds is 5. The third-order valence-electron chi connectivity index (χ3n) is 6.95. The van der Waals surface area contributed by atoms with Crippen LogP contribution in [0.1, 0.15) is 54.7 Å². The molecule has 6 rings (SSSR count). The number of piperidine rings is 2. The van der Waals surface area contributed by atoms with Gasteiger partial charge in [0.15, 0.2) is 5.58 Å². The number of nitrogens with one attached hydrogen (secondary N) is 1. The number of amides is 1. The number of carbonyl (C=O) groups excluding carboxylic acids is 1. The zero-order chi connectivity index (χ0) is 24.5. The molecule has 186 valence electrons. The van der Waals surface area contributed by atoms with Gasteiger partial charge in [0.25, 0.3) is 11.9 Å². The van der Waals surface area contributed by atoms with Crippen LogP contribution in [0.2, 0.25) is 0 Å². The summed E-state index contributed by atoms with van der Waals surface area (Å²) in [5.74, 6) is -0.225. The lowest BCUT2D eigenvalue weighted by atomic mass is 10.1. The zero-order valence-corrected chi connectivity index (χ0v) is 21.3. The van der Waals surface area contributed by atoms with Gasteiger partial charge in [0.05, 0.1) is 11.4 Å². The predicted molar refractivity (Wildman–Crippen MR) is 144 cm³/mol. The van der Waals surface area contributed by atoms with Crippen molar-refractivity contribution in [1.29, 1.82) is 0 Å². The number of aryl methyl sites for hydroxylation is 1. The van der Waals surface area contributed by atoms with Crippen molar-refractivity contribution in [3.8, 4) is 10.6 Å². The molecular formula is C27H30N6O2S. The third kappa shape index (κ3) is 4.67. The molecule has 0 radical (unpaired) electrons. The Hall–Kier alpha value is -3.46. The van der Waals surface area contributed by atoms with Crippen LogP contribution in [0.5, 0.6) is 0 Å². The molecule has 2 aliphatic heterocycles. The molecule has 1 amide bonds. The first-order chi connectivity index (χ1) is 17.6. The number of pyridine rings is 1. The standard InChI is InChI=1S/C27H30N6O2S/c1-18-14-19(8-9-28-18)26-30-22(17-36-26)25(34)29-20-16-24-21(15-23(20)32-10-4-2-5-11-32)31-27(35-24)33-12-6-3-7-13-33/h8-9,14-17H,2-7,10-13H2,1H3,(H,29,34). The number of nitrogens with zero attached hydrogens (tertiary/aromatic N) is 5. The average Bonchev–Trinajstić information content (AvgIpc) is 3.57. The maximum absolute atomic E-state index is 13.3. The first kappa shape index (κ1) is 23.0. The van der Waals surface area contributed by atoms with E-state index < -0.39 is 0 Å². The molecule has 0 saturated carbocycles. The summed E-state index contributed by atoms with van der Waals surface area (Å²) in [5, 5.41) is 5.74. The maximum Gasteiger partial charge on any atom is 0.298 e. The SMILES string of the molecule is Cc1cc(-c2nc(C(=O)Nc3cc4oc(N5CCCCC5)nc4cc3N3CCCCC3)cs2)ccn1. The van der Waals surface area contributed by atoms with E-state index in [0.717, 1.165) is 85.0 Å². The van der Waals surface area contributed by atoms with Gasteiger partial charge >= 0.3 is 0 Å². The highest BCUT2D eigenvalue weighted by atomic mass is 32.1. The normalized spacial score (nSPS) is 16.5. The quantitative estimate of drug-likeness (QED) is 0.364. The number of benzene rings is 1. The fourth-order valence-electron chi connectivity index (χ4n) is 5.04. The number of hydrogen-bond donors (Lipinski definition) is 1. The second-order valence-corrected chi connectivity index (χ2v) is 10.5. The van der Waals surface area contributed by atoms with E-state index in [0.29, 0.717) is 17.3 Å². The molecule has 0 spiro atoms. The van der Waals surface area contributed by atoms with E-state index >= 15 is 0 Å². The van der Waals surface area contributed by atoms with Crippen LogP contribution in [0.25, 0.3) is 21.7 Å². The Kier molecular flexibility index (Phi) is 6.31. The largest absolute Gasteiger partial charge is 0.423 e. The Balaban J connectivity index is 1.31. The summed E-state index contributed by atoms with van der Waals surface area (Å²) in [6.45, 7) is 5.82. The lowest BCUT2D eigenvalue weighted by Gasteiger charge is -2.30. The van der Waals surface area contributed by atoms with Crippen LogP contribution in [0, 0.1) is 6.92 Å². The second kappa shape index (κ2) is 9.89. The molecule has 9 heteroatoms. The Bertz CT molecular complexity index is 1380. The Morgan fingerprint density at radius 1 is 0.972 bits per heavy atom. The maximum atomic E-state index is 13.3. The molecule has 0 bridgehead atoms. The number of oxazole rings is 1. The van der Waals surface area contributed by atoms with E-state index in [9.17, 15) is 4.79 Å². The Morgan fingerprint density at radius 2 is 1.72 bits per heavy atom. The van der Waals surface area contributed by atoms with Gasteiger partial charge in [0, 0.05) is 55.1 Å². The van der Waals surface area contributed by atoms with Crippen LogP contribution in [0.4, 0.5) is 17.4 Å². The lowest BCUT2D eigenvalue weighted by molar-refractivity contribution is 0.102. The summed E-state index contributed by atoms with van der Waals surface area (Å²) in [6.07, 6.45) is 8.86. The predicted octanol–water partition coefficient (Wildman–Crippen LogP) is 5.89. The van der Waals surface area contributed by atoms with Gasteiger partial charge in [-0.05, 0) is 63.6 Å². The van der Waals surface area contributed by atoms with E-state index in [1.165, 1.54) is 24.2 Å². The summed E-state index contributed by atoms with van der Waals surface area (Å²) in [4.78, 5) is 31.5. The van der Waals surface area contributed by atoms with Crippen molar-refractivity contribution in [2.75, 3.05) is 41.3 Å². The zero-order valence-electron chi connectivity index (χ0n) is 20.5. The molecular weight excluding hydrogens is 472 g/mol. The smallest absolute Gasteiger partial charge is 0.298 e. The van der Waals surface area contributed by atoms with E-state index in [-0.39, 0.29) is 5.91 Å². The Morgan fingerprint density at radius 3 is 2.47 bits per heavy atom. The van der Waals surface area contributed by atoms with Crippen molar-refractivity contribution >= 4 is 45.7 Å². The number of hydrogen-bond acceptors (Lipinski definition) is 8. The van der Waals surface area contributed by atoms with Gasteiger partial charge in [-0.2, -0.15) is 4.98 Å². The van der Waals surface area contributed by atoms with Crippen molar-refractivity contribution in [2.45, 2.75) is 45.4 Å². The van der Waals surface area contributed by atoms with E-state index in [1.54, 1.807) is 6.20 Å². The minimum Gasteiger partial charge on any atom is -0.423 e. The van der Waals surface area contributed by atoms with Gasteiger partial charge < -0.3 is 19.5 Å². The highest BCUT2D eigenvalue weighted by Gasteiger charge is 2.22. The van der Waals surface area contributed by atoms with Gasteiger partial charge in [-0.15, -0.1) is 11.3 Å². The third-order valence-corrected chi connectivity index (χ3v) is 7.84. The fourth-order valence-corrected chi connectivity index (χ4v) is 5.84. The van der Waals surface area contributed by atoms with Crippen molar-refractivity contribution < 1.29 is 9.21 Å². The van der Waals surface area contributed by atoms with Crippen molar-refractivity contribution in [3.63, 3.8) is 0 Å². The van der Waals surface area contributed by atoms with Gasteiger partial charge in [-0.1, -0.05) is 0 Å². The number of anilines is 3. The molecule has 0 unspecified atom stereocenters. The fraction of sp³-hybridized carbons (Fsp3) is 0.407. The molecule has 4 aromatic rings. The molecule has 5 heterocycles. The molecule has 2 fully saturated rings.